The number of hydrogen-bond acceptors (Lipinski definition) is 3. The van der Waals surface area contributed by atoms with Gasteiger partial charge in [-0.05, 0) is 37.0 Å². The number of halogens is 1. The molecule has 1 heterocycles. The molecule has 1 aromatic carbocycles. The molecular weight excluding hydrogens is 326 g/mol. The van der Waals surface area contributed by atoms with Gasteiger partial charge in [0, 0.05) is 43.7 Å². The standard InChI is InChI=1S/C18H24ClN3O2/c1-2-20-17(23)12-21-6-8-22(9-7-21)18(24)16-11-15(16)13-4-3-5-14(19)10-13/h3-5,10,15-16H,2,6-9,11-12H2,1H3,(H,20,23)/t15-,16+/m0/s1. The summed E-state index contributed by atoms with van der Waals surface area (Å²) in [6, 6.07) is 7.81. The number of rotatable bonds is 5. The van der Waals surface area contributed by atoms with Crippen LogP contribution in [-0.2, 0) is 9.59 Å². The lowest BCUT2D eigenvalue weighted by molar-refractivity contribution is -0.134. The molecule has 1 N–H and O–H groups in total. The Morgan fingerprint density at radius 3 is 2.67 bits per heavy atom. The third kappa shape index (κ3) is 4.08. The lowest BCUT2D eigenvalue weighted by atomic mass is 10.1. The lowest BCUT2D eigenvalue weighted by Crippen LogP contribution is -2.51. The molecule has 1 aliphatic carbocycles. The Labute approximate surface area is 147 Å². The van der Waals surface area contributed by atoms with E-state index in [0.717, 1.165) is 30.1 Å². The molecule has 1 saturated carbocycles. The Hall–Kier alpha value is -1.59. The first kappa shape index (κ1) is 17.2. The molecule has 3 rings (SSSR count). The van der Waals surface area contributed by atoms with Crippen molar-refractivity contribution >= 4 is 23.4 Å². The maximum absolute atomic E-state index is 12.7. The molecule has 1 aliphatic heterocycles. The van der Waals surface area contributed by atoms with Crippen LogP contribution in [0.2, 0.25) is 5.02 Å². The van der Waals surface area contributed by atoms with Crippen LogP contribution < -0.4 is 5.32 Å². The Bertz CT molecular complexity index is 614. The third-order valence-corrected chi connectivity index (χ3v) is 5.04. The summed E-state index contributed by atoms with van der Waals surface area (Å²) in [5.41, 5.74) is 1.16. The average Bonchev–Trinajstić information content (AvgIpc) is 3.36. The number of carbonyl (C=O) groups excluding carboxylic acids is 2. The first-order valence-electron chi connectivity index (χ1n) is 8.61. The summed E-state index contributed by atoms with van der Waals surface area (Å²) >= 11 is 6.04. The number of carbonyl (C=O) groups is 2. The molecular formula is C18H24ClN3O2. The van der Waals surface area contributed by atoms with Crippen LogP contribution >= 0.6 is 11.6 Å². The van der Waals surface area contributed by atoms with Crippen molar-refractivity contribution < 1.29 is 9.59 Å². The van der Waals surface area contributed by atoms with Crippen LogP contribution in [-0.4, -0.2) is 60.9 Å². The van der Waals surface area contributed by atoms with Gasteiger partial charge in [0.2, 0.25) is 11.8 Å². The number of nitrogens with one attached hydrogen (secondary N) is 1. The van der Waals surface area contributed by atoms with E-state index in [4.69, 9.17) is 11.6 Å². The lowest BCUT2D eigenvalue weighted by Gasteiger charge is -2.34. The van der Waals surface area contributed by atoms with E-state index >= 15 is 0 Å². The average molecular weight is 350 g/mol. The van der Waals surface area contributed by atoms with Gasteiger partial charge in [0.05, 0.1) is 6.54 Å². The fraction of sp³-hybridized carbons (Fsp3) is 0.556. The van der Waals surface area contributed by atoms with E-state index in [1.807, 2.05) is 36.1 Å². The Balaban J connectivity index is 1.47. The summed E-state index contributed by atoms with van der Waals surface area (Å²) in [5.74, 6) is 0.709. The SMILES string of the molecule is CCNC(=O)CN1CCN(C(=O)[C@@H]2C[C@H]2c2cccc(Cl)c2)CC1. The maximum atomic E-state index is 12.7. The minimum atomic E-state index is 0.0560. The Morgan fingerprint density at radius 2 is 2.00 bits per heavy atom. The number of amides is 2. The van der Waals surface area contributed by atoms with Gasteiger partial charge in [-0.15, -0.1) is 0 Å². The maximum Gasteiger partial charge on any atom is 0.234 e. The van der Waals surface area contributed by atoms with E-state index in [9.17, 15) is 9.59 Å². The van der Waals surface area contributed by atoms with Crippen LogP contribution in [0.3, 0.4) is 0 Å². The van der Waals surface area contributed by atoms with Gasteiger partial charge in [0.15, 0.2) is 0 Å². The zero-order chi connectivity index (χ0) is 17.1. The zero-order valence-corrected chi connectivity index (χ0v) is 14.8. The van der Waals surface area contributed by atoms with Crippen LogP contribution in [0.5, 0.6) is 0 Å². The topological polar surface area (TPSA) is 52.7 Å². The molecule has 2 fully saturated rings. The van der Waals surface area contributed by atoms with Crippen LogP contribution in [0.4, 0.5) is 0 Å². The first-order valence-corrected chi connectivity index (χ1v) is 8.99. The summed E-state index contributed by atoms with van der Waals surface area (Å²) in [7, 11) is 0. The molecule has 0 spiro atoms. The van der Waals surface area contributed by atoms with Crippen molar-refractivity contribution in [3.8, 4) is 0 Å². The van der Waals surface area contributed by atoms with E-state index in [-0.39, 0.29) is 17.7 Å². The van der Waals surface area contributed by atoms with Crippen molar-refractivity contribution in [1.82, 2.24) is 15.1 Å². The normalized spacial score (nSPS) is 23.8. The van der Waals surface area contributed by atoms with Gasteiger partial charge in [0.25, 0.3) is 0 Å². The summed E-state index contributed by atoms with van der Waals surface area (Å²) in [5, 5.41) is 3.54. The largest absolute Gasteiger partial charge is 0.355 e. The van der Waals surface area contributed by atoms with Gasteiger partial charge < -0.3 is 10.2 Å². The van der Waals surface area contributed by atoms with Gasteiger partial charge in [-0.1, -0.05) is 23.7 Å². The van der Waals surface area contributed by atoms with Crippen molar-refractivity contribution in [2.75, 3.05) is 39.3 Å². The van der Waals surface area contributed by atoms with E-state index in [1.54, 1.807) is 0 Å². The van der Waals surface area contributed by atoms with Gasteiger partial charge in [-0.25, -0.2) is 0 Å². The van der Waals surface area contributed by atoms with Gasteiger partial charge in [-0.3, -0.25) is 14.5 Å². The number of likely N-dealkylation sites (N-methyl/N-ethyl adjacent to an activating group) is 1. The minimum Gasteiger partial charge on any atom is -0.355 e. The van der Waals surface area contributed by atoms with Crippen molar-refractivity contribution in [1.29, 1.82) is 0 Å². The molecule has 0 unspecified atom stereocenters. The van der Waals surface area contributed by atoms with Gasteiger partial charge in [0.1, 0.15) is 0 Å². The Kier molecular flexibility index (Phi) is 5.41. The zero-order valence-electron chi connectivity index (χ0n) is 14.0. The molecule has 1 aromatic rings. The van der Waals surface area contributed by atoms with E-state index in [0.29, 0.717) is 32.1 Å². The molecule has 0 radical (unpaired) electrons. The summed E-state index contributed by atoms with van der Waals surface area (Å²) in [6.07, 6.45) is 0.915. The molecule has 6 heteroatoms. The number of piperazine rings is 1. The highest BCUT2D eigenvalue weighted by atomic mass is 35.5. The molecule has 1 saturated heterocycles. The molecule has 2 amide bonds. The van der Waals surface area contributed by atoms with E-state index in [1.165, 1.54) is 0 Å². The van der Waals surface area contributed by atoms with Crippen molar-refractivity contribution in [3.05, 3.63) is 34.9 Å². The highest BCUT2D eigenvalue weighted by molar-refractivity contribution is 6.30. The van der Waals surface area contributed by atoms with Crippen molar-refractivity contribution in [2.45, 2.75) is 19.3 Å². The summed E-state index contributed by atoms with van der Waals surface area (Å²) in [6.45, 7) is 5.93. The summed E-state index contributed by atoms with van der Waals surface area (Å²) in [4.78, 5) is 28.3. The predicted octanol–water partition coefficient (Wildman–Crippen LogP) is 1.72. The quantitative estimate of drug-likeness (QED) is 0.880. The van der Waals surface area contributed by atoms with Gasteiger partial charge in [-0.2, -0.15) is 0 Å². The summed E-state index contributed by atoms with van der Waals surface area (Å²) < 4.78 is 0. The monoisotopic (exact) mass is 349 g/mol. The van der Waals surface area contributed by atoms with Crippen LogP contribution in [0, 0.1) is 5.92 Å². The number of benzene rings is 1. The second-order valence-electron chi connectivity index (χ2n) is 6.56. The van der Waals surface area contributed by atoms with Crippen LogP contribution in [0.1, 0.15) is 24.8 Å². The molecule has 5 nitrogen and oxygen atoms in total. The molecule has 0 bridgehead atoms. The van der Waals surface area contributed by atoms with Crippen LogP contribution in [0.25, 0.3) is 0 Å². The second kappa shape index (κ2) is 7.53. The minimum absolute atomic E-state index is 0.0560. The molecule has 0 aromatic heterocycles. The van der Waals surface area contributed by atoms with Crippen molar-refractivity contribution in [2.24, 2.45) is 5.92 Å². The van der Waals surface area contributed by atoms with Crippen LogP contribution in [0.15, 0.2) is 24.3 Å². The predicted molar refractivity (Wildman–Crippen MR) is 94.0 cm³/mol. The van der Waals surface area contributed by atoms with E-state index in [2.05, 4.69) is 10.2 Å². The molecule has 2 aliphatic rings. The smallest absolute Gasteiger partial charge is 0.234 e. The van der Waals surface area contributed by atoms with Gasteiger partial charge >= 0.3 is 0 Å². The Morgan fingerprint density at radius 1 is 1.25 bits per heavy atom. The fourth-order valence-corrected chi connectivity index (χ4v) is 3.59. The molecule has 2 atom stereocenters. The number of nitrogens with zero attached hydrogens (tertiary/aromatic N) is 2. The first-order chi connectivity index (χ1) is 11.6. The van der Waals surface area contributed by atoms with E-state index < -0.39 is 0 Å². The highest BCUT2D eigenvalue weighted by Gasteiger charge is 2.46. The molecule has 24 heavy (non-hydrogen) atoms. The second-order valence-corrected chi connectivity index (χ2v) is 7.00. The highest BCUT2D eigenvalue weighted by Crippen LogP contribution is 2.48. The molecule has 130 valence electrons. The fourth-order valence-electron chi connectivity index (χ4n) is 3.39. The number of hydrogen-bond donors (Lipinski definition) is 1. The third-order valence-electron chi connectivity index (χ3n) is 4.81. The van der Waals surface area contributed by atoms with Crippen molar-refractivity contribution in [3.63, 3.8) is 0 Å².